The zero-order chi connectivity index (χ0) is 14.2. The van der Waals surface area contributed by atoms with Crippen LogP contribution in [-0.2, 0) is 6.42 Å². The Bertz CT molecular complexity index is 500. The summed E-state index contributed by atoms with van der Waals surface area (Å²) in [5, 5.41) is 11.0. The van der Waals surface area contributed by atoms with Crippen LogP contribution >= 0.6 is 0 Å². The SMILES string of the molecule is OC1c2ccccc2CCCC1N1CCCC2CCCC21. The largest absolute Gasteiger partial charge is 0.387 e. The number of hydrogen-bond acceptors (Lipinski definition) is 2. The molecule has 4 rings (SSSR count). The highest BCUT2D eigenvalue weighted by Crippen LogP contribution is 2.41. The Kier molecular flexibility index (Phi) is 3.76. The number of aliphatic hydroxyl groups excluding tert-OH is 1. The standard InChI is InChI=1S/C19H27NO/c21-19-16-10-2-1-6-14(16)7-3-12-18(19)20-13-5-9-15-8-4-11-17(15)20/h1-2,6,10,15,17-19,21H,3-5,7-9,11-13H2. The van der Waals surface area contributed by atoms with Gasteiger partial charge in [-0.05, 0) is 68.5 Å². The fourth-order valence-electron chi connectivity index (χ4n) is 5.17. The van der Waals surface area contributed by atoms with Gasteiger partial charge in [-0.25, -0.2) is 0 Å². The fourth-order valence-corrected chi connectivity index (χ4v) is 5.17. The number of fused-ring (bicyclic) bond motifs is 2. The van der Waals surface area contributed by atoms with Crippen LogP contribution in [0.15, 0.2) is 24.3 Å². The molecule has 2 heteroatoms. The highest BCUT2D eigenvalue weighted by atomic mass is 16.3. The summed E-state index contributed by atoms with van der Waals surface area (Å²) in [5.41, 5.74) is 2.56. The number of hydrogen-bond donors (Lipinski definition) is 1. The summed E-state index contributed by atoms with van der Waals surface area (Å²) >= 11 is 0. The van der Waals surface area contributed by atoms with Crippen molar-refractivity contribution >= 4 is 0 Å². The van der Waals surface area contributed by atoms with Crippen LogP contribution in [0.2, 0.25) is 0 Å². The van der Waals surface area contributed by atoms with E-state index in [1.807, 2.05) is 0 Å². The summed E-state index contributed by atoms with van der Waals surface area (Å²) in [6.07, 6.45) is 10.1. The van der Waals surface area contributed by atoms with Gasteiger partial charge in [0.25, 0.3) is 0 Å². The lowest BCUT2D eigenvalue weighted by molar-refractivity contribution is -0.00890. The van der Waals surface area contributed by atoms with Crippen molar-refractivity contribution in [2.75, 3.05) is 6.54 Å². The third kappa shape index (κ3) is 2.43. The van der Waals surface area contributed by atoms with E-state index in [2.05, 4.69) is 29.2 Å². The van der Waals surface area contributed by atoms with Crippen LogP contribution in [0.3, 0.4) is 0 Å². The monoisotopic (exact) mass is 285 g/mol. The third-order valence-electron chi connectivity index (χ3n) is 6.15. The first-order chi connectivity index (χ1) is 10.3. The molecule has 1 aromatic carbocycles. The molecule has 4 atom stereocenters. The quantitative estimate of drug-likeness (QED) is 0.796. The Hall–Kier alpha value is -0.860. The first-order valence-electron chi connectivity index (χ1n) is 8.86. The molecule has 114 valence electrons. The molecule has 2 fully saturated rings. The molecule has 2 nitrogen and oxygen atoms in total. The molecule has 4 unspecified atom stereocenters. The minimum absolute atomic E-state index is 0.289. The van der Waals surface area contributed by atoms with Gasteiger partial charge in [-0.15, -0.1) is 0 Å². The van der Waals surface area contributed by atoms with Gasteiger partial charge in [-0.3, -0.25) is 4.90 Å². The maximum atomic E-state index is 11.0. The lowest BCUT2D eigenvalue weighted by Gasteiger charge is -2.44. The predicted molar refractivity (Wildman–Crippen MR) is 85.2 cm³/mol. The second-order valence-corrected chi connectivity index (χ2v) is 7.24. The predicted octanol–water partition coefficient (Wildman–Crippen LogP) is 3.69. The fraction of sp³-hybridized carbons (Fsp3) is 0.684. The summed E-state index contributed by atoms with van der Waals surface area (Å²) in [6.45, 7) is 1.20. The Balaban J connectivity index is 1.62. The first kappa shape index (κ1) is 13.8. The molecular formula is C19H27NO. The third-order valence-corrected chi connectivity index (χ3v) is 6.15. The summed E-state index contributed by atoms with van der Waals surface area (Å²) in [4.78, 5) is 2.70. The highest BCUT2D eigenvalue weighted by molar-refractivity contribution is 5.31. The number of aliphatic hydroxyl groups is 1. The van der Waals surface area contributed by atoms with Crippen LogP contribution in [0.1, 0.15) is 62.2 Å². The topological polar surface area (TPSA) is 23.5 Å². The maximum absolute atomic E-state index is 11.0. The Labute approximate surface area is 128 Å². The molecular weight excluding hydrogens is 258 g/mol. The van der Waals surface area contributed by atoms with Gasteiger partial charge in [0, 0.05) is 12.1 Å². The zero-order valence-corrected chi connectivity index (χ0v) is 12.9. The van der Waals surface area contributed by atoms with Crippen molar-refractivity contribution in [3.05, 3.63) is 35.4 Å². The van der Waals surface area contributed by atoms with Crippen molar-refractivity contribution in [2.45, 2.75) is 69.6 Å². The summed E-state index contributed by atoms with van der Waals surface area (Å²) in [7, 11) is 0. The summed E-state index contributed by atoms with van der Waals surface area (Å²) < 4.78 is 0. The molecule has 0 amide bonds. The normalized spacial score (nSPS) is 36.8. The number of likely N-dealkylation sites (tertiary alicyclic amines) is 1. The van der Waals surface area contributed by atoms with Gasteiger partial charge in [-0.2, -0.15) is 0 Å². The molecule has 0 radical (unpaired) electrons. The van der Waals surface area contributed by atoms with E-state index < -0.39 is 0 Å². The van der Waals surface area contributed by atoms with E-state index in [4.69, 9.17) is 0 Å². The van der Waals surface area contributed by atoms with Crippen LogP contribution < -0.4 is 0 Å². The Morgan fingerprint density at radius 2 is 1.71 bits per heavy atom. The van der Waals surface area contributed by atoms with E-state index in [9.17, 15) is 5.11 Å². The average molecular weight is 285 g/mol. The van der Waals surface area contributed by atoms with Crippen LogP contribution in [0, 0.1) is 5.92 Å². The van der Waals surface area contributed by atoms with Gasteiger partial charge >= 0.3 is 0 Å². The van der Waals surface area contributed by atoms with Gasteiger partial charge in [-0.1, -0.05) is 30.7 Å². The smallest absolute Gasteiger partial charge is 0.0947 e. The number of piperidine rings is 1. The van der Waals surface area contributed by atoms with Crippen molar-refractivity contribution in [1.29, 1.82) is 0 Å². The van der Waals surface area contributed by atoms with E-state index in [1.54, 1.807) is 0 Å². The molecule has 1 N–H and O–H groups in total. The highest BCUT2D eigenvalue weighted by Gasteiger charge is 2.41. The van der Waals surface area contributed by atoms with Crippen LogP contribution in [0.5, 0.6) is 0 Å². The molecule has 0 bridgehead atoms. The average Bonchev–Trinajstić information content (AvgIpc) is 2.94. The van der Waals surface area contributed by atoms with E-state index in [1.165, 1.54) is 56.2 Å². The molecule has 1 saturated heterocycles. The van der Waals surface area contributed by atoms with Crippen LogP contribution in [-0.4, -0.2) is 28.6 Å². The summed E-state index contributed by atoms with van der Waals surface area (Å²) in [6, 6.07) is 9.64. The Morgan fingerprint density at radius 3 is 2.67 bits per heavy atom. The minimum atomic E-state index is -0.289. The zero-order valence-electron chi connectivity index (χ0n) is 12.9. The van der Waals surface area contributed by atoms with Gasteiger partial charge < -0.3 is 5.11 Å². The Morgan fingerprint density at radius 1 is 0.905 bits per heavy atom. The van der Waals surface area contributed by atoms with Gasteiger partial charge in [0.1, 0.15) is 0 Å². The van der Waals surface area contributed by atoms with E-state index >= 15 is 0 Å². The van der Waals surface area contributed by atoms with Gasteiger partial charge in [0.15, 0.2) is 0 Å². The van der Waals surface area contributed by atoms with Crippen molar-refractivity contribution in [3.63, 3.8) is 0 Å². The molecule has 21 heavy (non-hydrogen) atoms. The molecule has 1 heterocycles. The van der Waals surface area contributed by atoms with Gasteiger partial charge in [0.2, 0.25) is 0 Å². The first-order valence-corrected chi connectivity index (χ1v) is 8.86. The molecule has 0 aromatic heterocycles. The van der Waals surface area contributed by atoms with E-state index in [0.717, 1.165) is 24.8 Å². The van der Waals surface area contributed by atoms with Crippen LogP contribution in [0.4, 0.5) is 0 Å². The second-order valence-electron chi connectivity index (χ2n) is 7.24. The lowest BCUT2D eigenvalue weighted by atomic mass is 9.88. The van der Waals surface area contributed by atoms with Crippen molar-refractivity contribution in [1.82, 2.24) is 4.90 Å². The van der Waals surface area contributed by atoms with E-state index in [-0.39, 0.29) is 6.10 Å². The lowest BCUT2D eigenvalue weighted by Crippen LogP contribution is -2.50. The minimum Gasteiger partial charge on any atom is -0.387 e. The van der Waals surface area contributed by atoms with Gasteiger partial charge in [0.05, 0.1) is 6.10 Å². The van der Waals surface area contributed by atoms with Crippen molar-refractivity contribution in [3.8, 4) is 0 Å². The number of benzene rings is 1. The van der Waals surface area contributed by atoms with Crippen molar-refractivity contribution < 1.29 is 5.11 Å². The molecule has 1 aromatic rings. The second kappa shape index (κ2) is 5.73. The maximum Gasteiger partial charge on any atom is 0.0947 e. The number of nitrogens with zero attached hydrogens (tertiary/aromatic N) is 1. The van der Waals surface area contributed by atoms with Crippen molar-refractivity contribution in [2.24, 2.45) is 5.92 Å². The summed E-state index contributed by atoms with van der Waals surface area (Å²) in [5.74, 6) is 0.907. The molecule has 0 spiro atoms. The number of rotatable bonds is 1. The van der Waals surface area contributed by atoms with Crippen LogP contribution in [0.25, 0.3) is 0 Å². The molecule has 1 saturated carbocycles. The van der Waals surface area contributed by atoms with E-state index in [0.29, 0.717) is 6.04 Å². The molecule has 1 aliphatic heterocycles. The molecule has 2 aliphatic carbocycles. The number of aryl methyl sites for hydroxylation is 1. The molecule has 3 aliphatic rings.